The van der Waals surface area contributed by atoms with Gasteiger partial charge in [-0.25, -0.2) is 4.98 Å². The molecule has 2 aromatic rings. The van der Waals surface area contributed by atoms with Crippen LogP contribution in [0.3, 0.4) is 0 Å². The topological polar surface area (TPSA) is 24.9 Å². The lowest BCUT2D eigenvalue weighted by atomic mass is 10.4. The highest BCUT2D eigenvalue weighted by atomic mass is 35.5. The number of nitrogens with zero attached hydrogens (tertiary/aromatic N) is 1. The Morgan fingerprint density at radius 2 is 2.33 bits per heavy atom. The summed E-state index contributed by atoms with van der Waals surface area (Å²) in [7, 11) is 0. The van der Waals surface area contributed by atoms with Gasteiger partial charge in [0, 0.05) is 16.8 Å². The van der Waals surface area contributed by atoms with E-state index in [0.717, 1.165) is 15.6 Å². The number of halogens is 2. The zero-order valence-corrected chi connectivity index (χ0v) is 9.28. The van der Waals surface area contributed by atoms with Crippen molar-refractivity contribution in [3.63, 3.8) is 0 Å². The summed E-state index contributed by atoms with van der Waals surface area (Å²) in [5, 5.41) is 5.75. The Balaban J connectivity index is 1.96. The first-order chi connectivity index (χ1) is 7.24. The van der Waals surface area contributed by atoms with E-state index in [1.165, 1.54) is 12.3 Å². The van der Waals surface area contributed by atoms with Gasteiger partial charge in [-0.05, 0) is 18.2 Å². The Labute approximate surface area is 95.7 Å². The van der Waals surface area contributed by atoms with E-state index in [1.807, 2.05) is 11.4 Å². The number of thiophene rings is 1. The molecule has 0 aliphatic heterocycles. The van der Waals surface area contributed by atoms with Crippen LogP contribution in [0.5, 0.6) is 0 Å². The molecule has 0 amide bonds. The van der Waals surface area contributed by atoms with Crippen LogP contribution in [0.25, 0.3) is 0 Å². The number of aromatic nitrogens is 1. The monoisotopic (exact) mass is 242 g/mol. The quantitative estimate of drug-likeness (QED) is 0.833. The average Bonchev–Trinajstić information content (AvgIpc) is 2.64. The third-order valence-corrected chi connectivity index (χ3v) is 3.10. The first-order valence-corrected chi connectivity index (χ1v) is 5.58. The van der Waals surface area contributed by atoms with E-state index in [9.17, 15) is 4.39 Å². The van der Waals surface area contributed by atoms with Gasteiger partial charge in [0.15, 0.2) is 0 Å². The smallest absolute Gasteiger partial charge is 0.212 e. The molecule has 15 heavy (non-hydrogen) atoms. The molecular weight excluding hydrogens is 235 g/mol. The number of hydrogen-bond acceptors (Lipinski definition) is 3. The van der Waals surface area contributed by atoms with E-state index in [4.69, 9.17) is 11.6 Å². The highest BCUT2D eigenvalue weighted by Crippen LogP contribution is 2.20. The fourth-order valence-corrected chi connectivity index (χ4v) is 2.13. The maximum Gasteiger partial charge on any atom is 0.212 e. The fraction of sp³-hybridized carbons (Fsp3) is 0.100. The van der Waals surface area contributed by atoms with Crippen LogP contribution in [0, 0.1) is 5.95 Å². The Bertz CT molecular complexity index is 441. The molecule has 2 rings (SSSR count). The van der Waals surface area contributed by atoms with Gasteiger partial charge in [0.05, 0.1) is 16.9 Å². The molecule has 2 nitrogen and oxygen atoms in total. The van der Waals surface area contributed by atoms with Crippen molar-refractivity contribution < 1.29 is 4.39 Å². The summed E-state index contributed by atoms with van der Waals surface area (Å²) in [5.74, 6) is -0.472. The van der Waals surface area contributed by atoms with Crippen LogP contribution in [0.1, 0.15) is 4.88 Å². The van der Waals surface area contributed by atoms with Gasteiger partial charge in [-0.3, -0.25) is 0 Å². The molecule has 0 bridgehead atoms. The van der Waals surface area contributed by atoms with E-state index in [1.54, 1.807) is 17.4 Å². The van der Waals surface area contributed by atoms with Crippen molar-refractivity contribution in [2.75, 3.05) is 5.32 Å². The Morgan fingerprint density at radius 1 is 1.47 bits per heavy atom. The summed E-state index contributed by atoms with van der Waals surface area (Å²) in [6.45, 7) is 0.671. The molecular formula is C10H8ClFN2S. The lowest BCUT2D eigenvalue weighted by Gasteiger charge is -2.03. The second-order valence-electron chi connectivity index (χ2n) is 2.95. The van der Waals surface area contributed by atoms with Crippen molar-refractivity contribution >= 4 is 28.6 Å². The summed E-state index contributed by atoms with van der Waals surface area (Å²) in [4.78, 5) is 4.67. The van der Waals surface area contributed by atoms with Crippen LogP contribution in [-0.2, 0) is 6.54 Å². The van der Waals surface area contributed by atoms with Crippen molar-refractivity contribution in [2.45, 2.75) is 6.54 Å². The number of rotatable bonds is 3. The van der Waals surface area contributed by atoms with Crippen LogP contribution < -0.4 is 5.32 Å². The zero-order chi connectivity index (χ0) is 10.7. The molecule has 0 aliphatic carbocycles. The SMILES string of the molecule is Fc1ccc(NCc2cc(Cl)cs2)cn1. The summed E-state index contributed by atoms with van der Waals surface area (Å²) in [6, 6.07) is 4.87. The molecule has 5 heteroatoms. The van der Waals surface area contributed by atoms with Crippen molar-refractivity contribution in [3.05, 3.63) is 45.6 Å². The largest absolute Gasteiger partial charge is 0.379 e. The van der Waals surface area contributed by atoms with Gasteiger partial charge < -0.3 is 5.32 Å². The Morgan fingerprint density at radius 3 is 2.93 bits per heavy atom. The van der Waals surface area contributed by atoms with E-state index in [2.05, 4.69) is 10.3 Å². The predicted octanol–water partition coefficient (Wildman–Crippen LogP) is 3.55. The number of nitrogens with one attached hydrogen (secondary N) is 1. The highest BCUT2D eigenvalue weighted by Gasteiger charge is 1.98. The first kappa shape index (κ1) is 10.4. The van der Waals surface area contributed by atoms with Crippen molar-refractivity contribution in [1.82, 2.24) is 4.98 Å². The number of hydrogen-bond donors (Lipinski definition) is 1. The molecule has 2 aromatic heterocycles. The summed E-state index contributed by atoms with van der Waals surface area (Å²) >= 11 is 7.37. The summed E-state index contributed by atoms with van der Waals surface area (Å²) in [6.07, 6.45) is 1.46. The summed E-state index contributed by atoms with van der Waals surface area (Å²) < 4.78 is 12.5. The molecule has 2 heterocycles. The van der Waals surface area contributed by atoms with Gasteiger partial charge in [0.1, 0.15) is 0 Å². The normalized spacial score (nSPS) is 10.3. The molecule has 0 radical (unpaired) electrons. The van der Waals surface area contributed by atoms with E-state index in [-0.39, 0.29) is 0 Å². The molecule has 0 atom stereocenters. The maximum atomic E-state index is 12.5. The molecule has 78 valence electrons. The van der Waals surface area contributed by atoms with Gasteiger partial charge in [-0.1, -0.05) is 11.6 Å². The first-order valence-electron chi connectivity index (χ1n) is 4.32. The number of pyridine rings is 1. The van der Waals surface area contributed by atoms with Gasteiger partial charge in [0.2, 0.25) is 5.95 Å². The van der Waals surface area contributed by atoms with E-state index in [0.29, 0.717) is 6.54 Å². The van der Waals surface area contributed by atoms with Gasteiger partial charge in [-0.15, -0.1) is 11.3 Å². The van der Waals surface area contributed by atoms with Crippen LogP contribution >= 0.6 is 22.9 Å². The van der Waals surface area contributed by atoms with E-state index < -0.39 is 5.95 Å². The van der Waals surface area contributed by atoms with Gasteiger partial charge in [-0.2, -0.15) is 4.39 Å². The average molecular weight is 243 g/mol. The minimum Gasteiger partial charge on any atom is -0.379 e. The third-order valence-electron chi connectivity index (χ3n) is 1.82. The molecule has 0 aliphatic rings. The van der Waals surface area contributed by atoms with Crippen LogP contribution in [0.2, 0.25) is 5.02 Å². The van der Waals surface area contributed by atoms with E-state index >= 15 is 0 Å². The molecule has 1 N–H and O–H groups in total. The second-order valence-corrected chi connectivity index (χ2v) is 4.39. The lowest BCUT2D eigenvalue weighted by Crippen LogP contribution is -1.97. The van der Waals surface area contributed by atoms with Crippen LogP contribution in [0.15, 0.2) is 29.8 Å². The van der Waals surface area contributed by atoms with Crippen molar-refractivity contribution in [3.8, 4) is 0 Å². The molecule has 0 spiro atoms. The second kappa shape index (κ2) is 4.59. The minimum absolute atomic E-state index is 0.472. The Kier molecular flexibility index (Phi) is 3.18. The third kappa shape index (κ3) is 2.91. The number of anilines is 1. The fourth-order valence-electron chi connectivity index (χ4n) is 1.12. The highest BCUT2D eigenvalue weighted by molar-refractivity contribution is 7.10. The summed E-state index contributed by atoms with van der Waals surface area (Å²) in [5.41, 5.74) is 0.793. The lowest BCUT2D eigenvalue weighted by molar-refractivity contribution is 0.584. The molecule has 0 unspecified atom stereocenters. The molecule has 0 saturated carbocycles. The van der Waals surface area contributed by atoms with Crippen molar-refractivity contribution in [1.29, 1.82) is 0 Å². The minimum atomic E-state index is -0.472. The molecule has 0 fully saturated rings. The predicted molar refractivity (Wildman–Crippen MR) is 60.9 cm³/mol. The molecule has 0 saturated heterocycles. The zero-order valence-electron chi connectivity index (χ0n) is 7.71. The van der Waals surface area contributed by atoms with Crippen LogP contribution in [0.4, 0.5) is 10.1 Å². The van der Waals surface area contributed by atoms with Gasteiger partial charge >= 0.3 is 0 Å². The molecule has 0 aromatic carbocycles. The van der Waals surface area contributed by atoms with Crippen molar-refractivity contribution in [2.24, 2.45) is 0 Å². The maximum absolute atomic E-state index is 12.5. The van der Waals surface area contributed by atoms with Crippen LogP contribution in [-0.4, -0.2) is 4.98 Å². The Hall–Kier alpha value is -1.13. The standard InChI is InChI=1S/C10H8ClFN2S/c11-7-3-9(15-6-7)5-13-8-1-2-10(12)14-4-8/h1-4,6,13H,5H2. The van der Waals surface area contributed by atoms with Gasteiger partial charge in [0.25, 0.3) is 0 Å².